The van der Waals surface area contributed by atoms with Gasteiger partial charge in [-0.25, -0.2) is 0 Å². The molecular weight excluding hydrogens is 324 g/mol. The quantitative estimate of drug-likeness (QED) is 0.567. The fraction of sp³-hybridized carbons (Fsp3) is 0.357. The van der Waals surface area contributed by atoms with Gasteiger partial charge in [0.15, 0.2) is 0 Å². The van der Waals surface area contributed by atoms with E-state index in [2.05, 4.69) is 15.5 Å². The van der Waals surface area contributed by atoms with Gasteiger partial charge < -0.3 is 15.5 Å². The molecule has 0 saturated carbocycles. The Labute approximate surface area is 137 Å². The maximum Gasteiger partial charge on any atom is 0.277 e. The third-order valence-electron chi connectivity index (χ3n) is 2.73. The summed E-state index contributed by atoms with van der Waals surface area (Å²) in [5.41, 5.74) is 6.09. The number of rotatable bonds is 8. The zero-order valence-corrected chi connectivity index (χ0v) is 13.5. The van der Waals surface area contributed by atoms with Gasteiger partial charge in [0.1, 0.15) is 0 Å². The number of aryl methyl sites for hydroxylation is 1. The Hall–Kier alpha value is -1.57. The summed E-state index contributed by atoms with van der Waals surface area (Å²) in [5, 5.41) is 11.6. The molecule has 0 atom stereocenters. The van der Waals surface area contributed by atoms with E-state index in [0.29, 0.717) is 34.8 Å². The zero-order chi connectivity index (χ0) is 15.8. The van der Waals surface area contributed by atoms with Crippen molar-refractivity contribution in [3.63, 3.8) is 0 Å². The minimum absolute atomic E-state index is 0.157. The first-order chi connectivity index (χ1) is 10.7. The number of benzene rings is 1. The molecule has 1 amide bonds. The summed E-state index contributed by atoms with van der Waals surface area (Å²) in [5.74, 6) is 0.609. The molecule has 0 bridgehead atoms. The van der Waals surface area contributed by atoms with Crippen LogP contribution >= 0.6 is 23.4 Å². The monoisotopic (exact) mass is 340 g/mol. The van der Waals surface area contributed by atoms with Gasteiger partial charge in [0.25, 0.3) is 5.22 Å². The van der Waals surface area contributed by atoms with Gasteiger partial charge in [-0.1, -0.05) is 29.4 Å². The molecule has 22 heavy (non-hydrogen) atoms. The second-order valence-electron chi connectivity index (χ2n) is 4.55. The van der Waals surface area contributed by atoms with E-state index in [1.54, 1.807) is 24.3 Å². The van der Waals surface area contributed by atoms with Gasteiger partial charge in [-0.15, -0.1) is 10.2 Å². The topological polar surface area (TPSA) is 94.0 Å². The molecule has 0 saturated heterocycles. The number of nitrogens with one attached hydrogen (secondary N) is 1. The first-order valence-electron chi connectivity index (χ1n) is 6.88. The maximum atomic E-state index is 11.8. The van der Waals surface area contributed by atoms with Crippen LogP contribution in [0.15, 0.2) is 33.9 Å². The van der Waals surface area contributed by atoms with Crippen molar-refractivity contribution in [3.8, 4) is 0 Å². The largest absolute Gasteiger partial charge is 0.416 e. The zero-order valence-electron chi connectivity index (χ0n) is 11.9. The lowest BCUT2D eigenvalue weighted by Crippen LogP contribution is -2.13. The molecule has 0 spiro atoms. The van der Waals surface area contributed by atoms with Crippen LogP contribution in [-0.4, -0.2) is 28.4 Å². The van der Waals surface area contributed by atoms with Gasteiger partial charge in [-0.05, 0) is 37.6 Å². The summed E-state index contributed by atoms with van der Waals surface area (Å²) in [6, 6.07) is 6.98. The minimum atomic E-state index is -0.157. The summed E-state index contributed by atoms with van der Waals surface area (Å²) in [7, 11) is 0. The Balaban J connectivity index is 1.76. The number of carbonyl (C=O) groups is 1. The average Bonchev–Trinajstić information content (AvgIpc) is 2.93. The number of hydrogen-bond donors (Lipinski definition) is 2. The fourth-order valence-corrected chi connectivity index (χ4v) is 2.48. The van der Waals surface area contributed by atoms with Gasteiger partial charge in [0.2, 0.25) is 11.8 Å². The van der Waals surface area contributed by atoms with E-state index in [0.717, 1.165) is 12.8 Å². The molecule has 0 aliphatic carbocycles. The van der Waals surface area contributed by atoms with E-state index in [9.17, 15) is 4.79 Å². The highest BCUT2D eigenvalue weighted by Gasteiger charge is 2.10. The molecule has 0 unspecified atom stereocenters. The average molecular weight is 341 g/mol. The Morgan fingerprint density at radius 2 is 2.23 bits per heavy atom. The number of thioether (sulfide) groups is 1. The van der Waals surface area contributed by atoms with Crippen LogP contribution in [0.25, 0.3) is 0 Å². The summed E-state index contributed by atoms with van der Waals surface area (Å²) < 4.78 is 5.45. The van der Waals surface area contributed by atoms with Gasteiger partial charge in [-0.2, -0.15) is 0 Å². The number of halogens is 1. The number of aromatic nitrogens is 2. The molecule has 1 aromatic heterocycles. The molecule has 8 heteroatoms. The lowest BCUT2D eigenvalue weighted by atomic mass is 10.2. The fourth-order valence-electron chi connectivity index (χ4n) is 1.71. The molecule has 6 nitrogen and oxygen atoms in total. The highest BCUT2D eigenvalue weighted by atomic mass is 35.5. The van der Waals surface area contributed by atoms with E-state index < -0.39 is 0 Å². The van der Waals surface area contributed by atoms with Crippen molar-refractivity contribution in [2.45, 2.75) is 24.5 Å². The molecular formula is C14H17ClN4O2S. The Bertz CT molecular complexity index is 620. The molecule has 1 heterocycles. The number of nitrogens with two attached hydrogens (primary N) is 1. The number of nitrogens with zero attached hydrogens (tertiary/aromatic N) is 2. The second-order valence-corrected chi connectivity index (χ2v) is 5.92. The summed E-state index contributed by atoms with van der Waals surface area (Å²) in [6.07, 6.45) is 2.55. The Morgan fingerprint density at radius 1 is 1.36 bits per heavy atom. The van der Waals surface area contributed by atoms with Crippen LogP contribution in [0, 0.1) is 0 Å². The van der Waals surface area contributed by atoms with Crippen LogP contribution in [-0.2, 0) is 11.2 Å². The number of unbranched alkanes of at least 4 members (excludes halogenated alkanes) is 1. The summed E-state index contributed by atoms with van der Waals surface area (Å²) >= 11 is 7.06. The molecule has 0 aliphatic heterocycles. The van der Waals surface area contributed by atoms with Crippen LogP contribution in [0.3, 0.4) is 0 Å². The molecule has 0 fully saturated rings. The molecule has 2 rings (SSSR count). The molecule has 3 N–H and O–H groups in total. The molecule has 118 valence electrons. The second kappa shape index (κ2) is 8.77. The third kappa shape index (κ3) is 5.67. The van der Waals surface area contributed by atoms with Crippen molar-refractivity contribution in [2.24, 2.45) is 5.73 Å². The Morgan fingerprint density at radius 3 is 3.00 bits per heavy atom. The third-order valence-corrected chi connectivity index (χ3v) is 3.78. The SMILES string of the molecule is NCCCCc1nnc(SCC(=O)Nc2cccc(Cl)c2)o1. The van der Waals surface area contributed by atoms with Gasteiger partial charge >= 0.3 is 0 Å². The van der Waals surface area contributed by atoms with Crippen molar-refractivity contribution in [2.75, 3.05) is 17.6 Å². The highest BCUT2D eigenvalue weighted by Crippen LogP contribution is 2.19. The van der Waals surface area contributed by atoms with Crippen molar-refractivity contribution < 1.29 is 9.21 Å². The van der Waals surface area contributed by atoms with Crippen LogP contribution in [0.5, 0.6) is 0 Å². The summed E-state index contributed by atoms with van der Waals surface area (Å²) in [6.45, 7) is 0.652. The predicted octanol–water partition coefficient (Wildman–Crippen LogP) is 2.74. The normalized spacial score (nSPS) is 10.6. The smallest absolute Gasteiger partial charge is 0.277 e. The first-order valence-corrected chi connectivity index (χ1v) is 8.24. The minimum Gasteiger partial charge on any atom is -0.416 e. The van der Waals surface area contributed by atoms with E-state index >= 15 is 0 Å². The van der Waals surface area contributed by atoms with Crippen LogP contribution < -0.4 is 11.1 Å². The van der Waals surface area contributed by atoms with Crippen LogP contribution in [0.2, 0.25) is 5.02 Å². The molecule has 2 aromatic rings. The van der Waals surface area contributed by atoms with Gasteiger partial charge in [0, 0.05) is 17.1 Å². The first kappa shape index (κ1) is 16.8. The Kier molecular flexibility index (Phi) is 6.70. The van der Waals surface area contributed by atoms with Crippen LogP contribution in [0.4, 0.5) is 5.69 Å². The van der Waals surface area contributed by atoms with E-state index in [1.807, 2.05) is 0 Å². The highest BCUT2D eigenvalue weighted by molar-refractivity contribution is 7.99. The van der Waals surface area contributed by atoms with Gasteiger partial charge in [-0.3, -0.25) is 4.79 Å². The number of carbonyl (C=O) groups excluding carboxylic acids is 1. The standard InChI is InChI=1S/C14H17ClN4O2S/c15-10-4-3-5-11(8-10)17-12(20)9-22-14-19-18-13(21-14)6-1-2-7-16/h3-5,8H,1-2,6-7,9,16H2,(H,17,20). The molecule has 1 aromatic carbocycles. The van der Waals surface area contributed by atoms with E-state index in [1.165, 1.54) is 11.8 Å². The van der Waals surface area contributed by atoms with Crippen molar-refractivity contribution >= 4 is 35.0 Å². The van der Waals surface area contributed by atoms with E-state index in [-0.39, 0.29) is 11.7 Å². The maximum absolute atomic E-state index is 11.8. The van der Waals surface area contributed by atoms with Gasteiger partial charge in [0.05, 0.1) is 5.75 Å². The number of anilines is 1. The molecule has 0 aliphatic rings. The van der Waals surface area contributed by atoms with Crippen molar-refractivity contribution in [1.29, 1.82) is 0 Å². The van der Waals surface area contributed by atoms with Crippen molar-refractivity contribution in [3.05, 3.63) is 35.2 Å². The van der Waals surface area contributed by atoms with Crippen molar-refractivity contribution in [1.82, 2.24) is 10.2 Å². The lowest BCUT2D eigenvalue weighted by molar-refractivity contribution is -0.113. The number of amides is 1. The van der Waals surface area contributed by atoms with E-state index in [4.69, 9.17) is 21.8 Å². The number of hydrogen-bond acceptors (Lipinski definition) is 6. The lowest BCUT2D eigenvalue weighted by Gasteiger charge is -2.03. The predicted molar refractivity (Wildman–Crippen MR) is 87.1 cm³/mol. The van der Waals surface area contributed by atoms with Crippen LogP contribution in [0.1, 0.15) is 18.7 Å². The molecule has 0 radical (unpaired) electrons. The summed E-state index contributed by atoms with van der Waals surface area (Å²) in [4.78, 5) is 11.8.